The molecule has 2 saturated heterocycles. The molecule has 3 aliphatic rings. The summed E-state index contributed by atoms with van der Waals surface area (Å²) >= 11 is 0. The molecule has 9 nitrogen and oxygen atoms in total. The topological polar surface area (TPSA) is 130 Å². The second-order valence-electron chi connectivity index (χ2n) is 9.34. The van der Waals surface area contributed by atoms with Crippen molar-refractivity contribution in [2.24, 2.45) is 17.8 Å². The Hall–Kier alpha value is -3.50. The van der Waals surface area contributed by atoms with E-state index in [9.17, 15) is 29.8 Å². The molecule has 180 valence electrons. The molecule has 2 amide bonds. The lowest BCUT2D eigenvalue weighted by Gasteiger charge is -2.42. The van der Waals surface area contributed by atoms with Crippen molar-refractivity contribution >= 4 is 30.3 Å². The summed E-state index contributed by atoms with van der Waals surface area (Å²) in [6.45, 7) is 2.01. The summed E-state index contributed by atoms with van der Waals surface area (Å²) in [5.41, 5.74) is 2.37. The molecule has 2 aliphatic heterocycles. The Bertz CT molecular complexity index is 1230. The maximum atomic E-state index is 13.7. The first-order chi connectivity index (χ1) is 16.8. The van der Waals surface area contributed by atoms with E-state index >= 15 is 0 Å². The number of nitrogens with zero attached hydrogens (tertiary/aromatic N) is 2. The van der Waals surface area contributed by atoms with Gasteiger partial charge in [0.15, 0.2) is 0 Å². The van der Waals surface area contributed by atoms with Gasteiger partial charge in [-0.05, 0) is 54.4 Å². The average Bonchev–Trinajstić information content (AvgIpc) is 3.09. The van der Waals surface area contributed by atoms with Gasteiger partial charge in [0.05, 0.1) is 28.6 Å². The van der Waals surface area contributed by atoms with Crippen LogP contribution in [0.4, 0.5) is 11.4 Å². The first kappa shape index (κ1) is 23.3. The fourth-order valence-electron chi connectivity index (χ4n) is 5.85. The number of nitro benzene ring substituents is 1. The fraction of sp³-hybridized carbons (Fsp3) is 0.360. The SMILES string of the molecule is CCCC1=C2B(O)O[C@H](c3ccc(O)cc3)C[C@H]2[C@H]2C(=O)N(c3cccc([N+](=O)[O-])c3)C(=O)[C@H]2C1. The number of nitro groups is 1. The summed E-state index contributed by atoms with van der Waals surface area (Å²) in [6.07, 6.45) is 1.72. The standard InChI is InChI=1S/C25H25BN2O7/c1-2-4-15-11-20-22(25(31)27(24(20)30)16-5-3-6-17(12-16)28(33)34)19-13-21(35-26(32)23(15)19)14-7-9-18(29)10-8-14/h3,5-10,12,19-22,29,32H,2,4,11,13H2,1H3/t19-,20-,21-,22+/m0/s1. The molecule has 0 spiro atoms. The third-order valence-electron chi connectivity index (χ3n) is 7.33. The summed E-state index contributed by atoms with van der Waals surface area (Å²) < 4.78 is 5.95. The van der Waals surface area contributed by atoms with Crippen LogP contribution in [0.2, 0.25) is 0 Å². The van der Waals surface area contributed by atoms with Gasteiger partial charge in [-0.3, -0.25) is 19.7 Å². The zero-order valence-electron chi connectivity index (χ0n) is 19.2. The van der Waals surface area contributed by atoms with Gasteiger partial charge < -0.3 is 14.8 Å². The van der Waals surface area contributed by atoms with Gasteiger partial charge in [0.25, 0.3) is 5.69 Å². The van der Waals surface area contributed by atoms with Crippen LogP contribution < -0.4 is 4.90 Å². The van der Waals surface area contributed by atoms with Gasteiger partial charge in [0.1, 0.15) is 5.75 Å². The molecule has 10 heteroatoms. The van der Waals surface area contributed by atoms with E-state index < -0.39 is 41.8 Å². The van der Waals surface area contributed by atoms with E-state index in [1.807, 2.05) is 6.92 Å². The third kappa shape index (κ3) is 3.92. The van der Waals surface area contributed by atoms with Crippen LogP contribution in [0, 0.1) is 27.9 Å². The maximum Gasteiger partial charge on any atom is 0.487 e. The van der Waals surface area contributed by atoms with Crippen molar-refractivity contribution in [3.8, 4) is 5.75 Å². The number of carbonyl (C=O) groups is 2. The van der Waals surface area contributed by atoms with E-state index in [0.717, 1.165) is 22.5 Å². The van der Waals surface area contributed by atoms with Gasteiger partial charge in [-0.25, -0.2) is 4.90 Å². The lowest BCUT2D eigenvalue weighted by molar-refractivity contribution is -0.384. The lowest BCUT2D eigenvalue weighted by atomic mass is 9.54. The third-order valence-corrected chi connectivity index (χ3v) is 7.33. The van der Waals surface area contributed by atoms with Gasteiger partial charge in [-0.1, -0.05) is 37.1 Å². The predicted molar refractivity (Wildman–Crippen MR) is 127 cm³/mol. The van der Waals surface area contributed by atoms with E-state index in [2.05, 4.69) is 0 Å². The number of amides is 2. The normalized spacial score (nSPS) is 26.1. The van der Waals surface area contributed by atoms with Crippen molar-refractivity contribution < 1.29 is 29.3 Å². The number of aromatic hydroxyl groups is 1. The highest BCUT2D eigenvalue weighted by Crippen LogP contribution is 2.52. The first-order valence-electron chi connectivity index (χ1n) is 11.8. The number of hydrogen-bond donors (Lipinski definition) is 2. The molecular weight excluding hydrogens is 451 g/mol. The van der Waals surface area contributed by atoms with E-state index in [4.69, 9.17) is 4.65 Å². The number of imide groups is 1. The summed E-state index contributed by atoms with van der Waals surface area (Å²) in [6, 6.07) is 12.1. The molecule has 0 unspecified atom stereocenters. The highest BCUT2D eigenvalue weighted by atomic mass is 16.6. The Kier molecular flexibility index (Phi) is 5.94. The molecular formula is C25H25BN2O7. The minimum atomic E-state index is -1.20. The summed E-state index contributed by atoms with van der Waals surface area (Å²) in [5.74, 6) is -2.35. The highest BCUT2D eigenvalue weighted by Gasteiger charge is 2.58. The molecule has 2 heterocycles. The Labute approximate surface area is 202 Å². The van der Waals surface area contributed by atoms with Gasteiger partial charge in [-0.15, -0.1) is 0 Å². The van der Waals surface area contributed by atoms with Crippen molar-refractivity contribution in [1.82, 2.24) is 0 Å². The first-order valence-corrected chi connectivity index (χ1v) is 11.8. The number of non-ortho nitro benzene ring substituents is 1. The molecule has 5 rings (SSSR count). The monoisotopic (exact) mass is 476 g/mol. The summed E-state index contributed by atoms with van der Waals surface area (Å²) in [4.78, 5) is 39.0. The van der Waals surface area contributed by atoms with Crippen LogP contribution in [0.15, 0.2) is 59.6 Å². The number of hydrogen-bond acceptors (Lipinski definition) is 7. The highest BCUT2D eigenvalue weighted by molar-refractivity contribution is 6.53. The molecule has 0 aromatic heterocycles. The zero-order chi connectivity index (χ0) is 24.9. The zero-order valence-corrected chi connectivity index (χ0v) is 19.2. The van der Waals surface area contributed by atoms with Crippen molar-refractivity contribution in [3.63, 3.8) is 0 Å². The number of carbonyl (C=O) groups excluding carboxylic acids is 2. The van der Waals surface area contributed by atoms with Gasteiger partial charge in [-0.2, -0.15) is 0 Å². The van der Waals surface area contributed by atoms with E-state index in [1.54, 1.807) is 12.1 Å². The number of phenols is 1. The Morgan fingerprint density at radius 1 is 1.14 bits per heavy atom. The van der Waals surface area contributed by atoms with Gasteiger partial charge >= 0.3 is 7.12 Å². The van der Waals surface area contributed by atoms with E-state index in [0.29, 0.717) is 24.7 Å². The Morgan fingerprint density at radius 3 is 2.57 bits per heavy atom. The summed E-state index contributed by atoms with van der Waals surface area (Å²) in [5, 5.41) is 31.9. The van der Waals surface area contributed by atoms with Crippen molar-refractivity contribution in [2.75, 3.05) is 4.90 Å². The molecule has 2 aromatic carbocycles. The second-order valence-corrected chi connectivity index (χ2v) is 9.34. The molecule has 2 fully saturated rings. The van der Waals surface area contributed by atoms with Crippen LogP contribution >= 0.6 is 0 Å². The summed E-state index contributed by atoms with van der Waals surface area (Å²) in [7, 11) is -1.20. The van der Waals surface area contributed by atoms with Crippen LogP contribution in [0.3, 0.4) is 0 Å². The number of phenolic OH excluding ortho intramolecular Hbond substituents is 1. The Balaban J connectivity index is 1.54. The minimum Gasteiger partial charge on any atom is -0.508 e. The Morgan fingerprint density at radius 2 is 1.89 bits per heavy atom. The molecule has 4 atom stereocenters. The van der Waals surface area contributed by atoms with E-state index in [-0.39, 0.29) is 23.0 Å². The maximum absolute atomic E-state index is 13.7. The van der Waals surface area contributed by atoms with Crippen molar-refractivity contribution in [3.05, 3.63) is 75.3 Å². The number of fused-ring (bicyclic) bond motifs is 3. The molecule has 0 saturated carbocycles. The van der Waals surface area contributed by atoms with Gasteiger partial charge in [0, 0.05) is 12.1 Å². The van der Waals surface area contributed by atoms with Crippen LogP contribution in [0.25, 0.3) is 0 Å². The molecule has 2 aromatic rings. The van der Waals surface area contributed by atoms with Crippen molar-refractivity contribution in [2.45, 2.75) is 38.7 Å². The van der Waals surface area contributed by atoms with Crippen LogP contribution in [-0.2, 0) is 14.2 Å². The smallest absolute Gasteiger partial charge is 0.487 e. The molecule has 1 aliphatic carbocycles. The van der Waals surface area contributed by atoms with Crippen molar-refractivity contribution in [1.29, 1.82) is 0 Å². The number of allylic oxidation sites excluding steroid dienone is 2. The second kappa shape index (κ2) is 8.94. The molecule has 0 bridgehead atoms. The van der Waals surface area contributed by atoms with Crippen LogP contribution in [0.5, 0.6) is 5.75 Å². The van der Waals surface area contributed by atoms with Crippen LogP contribution in [-0.4, -0.2) is 34.0 Å². The quantitative estimate of drug-likeness (QED) is 0.291. The molecule has 35 heavy (non-hydrogen) atoms. The van der Waals surface area contributed by atoms with E-state index in [1.165, 1.54) is 36.4 Å². The fourth-order valence-corrected chi connectivity index (χ4v) is 5.85. The number of benzene rings is 2. The van der Waals surface area contributed by atoms with Gasteiger partial charge in [0.2, 0.25) is 11.8 Å². The predicted octanol–water partition coefficient (Wildman–Crippen LogP) is 3.70. The lowest BCUT2D eigenvalue weighted by Crippen LogP contribution is -2.44. The average molecular weight is 476 g/mol. The minimum absolute atomic E-state index is 0.109. The van der Waals surface area contributed by atoms with Crippen LogP contribution in [0.1, 0.15) is 44.3 Å². The molecule has 0 radical (unpaired) electrons. The largest absolute Gasteiger partial charge is 0.508 e. The molecule has 2 N–H and O–H groups in total. The number of anilines is 1. The number of rotatable bonds is 5.